The molecule has 2 unspecified atom stereocenters. The lowest BCUT2D eigenvalue weighted by atomic mass is 9.75. The molecule has 2 aliphatic rings. The van der Waals surface area contributed by atoms with Gasteiger partial charge in [0.2, 0.25) is 11.7 Å². The Balaban J connectivity index is 1.72. The van der Waals surface area contributed by atoms with Gasteiger partial charge in [-0.3, -0.25) is 9.59 Å². The van der Waals surface area contributed by atoms with Crippen LogP contribution in [0, 0.1) is 0 Å². The molecule has 1 aliphatic carbocycles. The van der Waals surface area contributed by atoms with E-state index in [1.54, 1.807) is 32.7 Å². The molecule has 6 nitrogen and oxygen atoms in total. The molecule has 2 atom stereocenters. The van der Waals surface area contributed by atoms with Crippen LogP contribution in [0.5, 0.6) is 17.2 Å². The van der Waals surface area contributed by atoms with E-state index in [-0.39, 0.29) is 23.5 Å². The van der Waals surface area contributed by atoms with Crippen molar-refractivity contribution in [1.29, 1.82) is 0 Å². The fraction of sp³-hybridized carbons (Fsp3) is 0.364. The summed E-state index contributed by atoms with van der Waals surface area (Å²) >= 11 is 1.59. The van der Waals surface area contributed by atoms with Crippen LogP contribution in [0.25, 0.3) is 0 Å². The van der Waals surface area contributed by atoms with Gasteiger partial charge in [-0.2, -0.15) is 0 Å². The van der Waals surface area contributed by atoms with Crippen molar-refractivity contribution >= 4 is 23.0 Å². The number of ketones is 1. The molecular formula is C22H23NO5S. The third-order valence-electron chi connectivity index (χ3n) is 5.58. The highest BCUT2D eigenvalue weighted by Gasteiger charge is 2.39. The standard InChI is InChI=1S/C22H23NO5S/c1-26-17-9-13(10-18(27-2)22(17)28-3)12-7-15-21(16(24)8-12)14(11-20(25)23-15)19-5-4-6-29-19/h4-6,9-10,12,14H,7-8,11H2,1-3H3,(H,23,25). The molecule has 29 heavy (non-hydrogen) atoms. The van der Waals surface area contributed by atoms with Gasteiger partial charge in [0.25, 0.3) is 0 Å². The average Bonchev–Trinajstić information content (AvgIpc) is 3.26. The van der Waals surface area contributed by atoms with Gasteiger partial charge >= 0.3 is 0 Å². The van der Waals surface area contributed by atoms with E-state index >= 15 is 0 Å². The van der Waals surface area contributed by atoms with E-state index in [9.17, 15) is 9.59 Å². The van der Waals surface area contributed by atoms with Crippen molar-refractivity contribution in [1.82, 2.24) is 5.32 Å². The fourth-order valence-corrected chi connectivity index (χ4v) is 5.10. The van der Waals surface area contributed by atoms with E-state index in [0.717, 1.165) is 21.7 Å². The number of ether oxygens (including phenoxy) is 3. The largest absolute Gasteiger partial charge is 0.493 e. The van der Waals surface area contributed by atoms with Gasteiger partial charge in [0.1, 0.15) is 0 Å². The number of hydrogen-bond donors (Lipinski definition) is 1. The van der Waals surface area contributed by atoms with Gasteiger partial charge in [0.05, 0.1) is 21.3 Å². The quantitative estimate of drug-likeness (QED) is 0.808. The maximum Gasteiger partial charge on any atom is 0.225 e. The van der Waals surface area contributed by atoms with Crippen molar-refractivity contribution in [3.05, 3.63) is 51.4 Å². The van der Waals surface area contributed by atoms with Crippen LogP contribution in [0.15, 0.2) is 40.9 Å². The van der Waals surface area contributed by atoms with Crippen LogP contribution in [-0.2, 0) is 9.59 Å². The number of Topliss-reactive ketones (excluding diaryl/α,β-unsaturated/α-hetero) is 1. The Morgan fingerprint density at radius 2 is 1.72 bits per heavy atom. The normalized spacial score (nSPS) is 21.5. The number of methoxy groups -OCH3 is 3. The number of thiophene rings is 1. The molecule has 0 fully saturated rings. The minimum absolute atomic E-state index is 0.0412. The van der Waals surface area contributed by atoms with Crippen molar-refractivity contribution < 1.29 is 23.8 Å². The molecule has 0 spiro atoms. The highest BCUT2D eigenvalue weighted by atomic mass is 32.1. The summed E-state index contributed by atoms with van der Waals surface area (Å²) in [6, 6.07) is 7.72. The molecule has 1 aromatic carbocycles. The fourth-order valence-electron chi connectivity index (χ4n) is 4.27. The van der Waals surface area contributed by atoms with Gasteiger partial charge in [-0.15, -0.1) is 11.3 Å². The summed E-state index contributed by atoms with van der Waals surface area (Å²) in [5.41, 5.74) is 2.43. The van der Waals surface area contributed by atoms with Crippen LogP contribution in [-0.4, -0.2) is 33.0 Å². The Morgan fingerprint density at radius 3 is 2.31 bits per heavy atom. The molecule has 1 aliphatic heterocycles. The molecule has 4 rings (SSSR count). The summed E-state index contributed by atoms with van der Waals surface area (Å²) < 4.78 is 16.3. The number of benzene rings is 1. The number of amides is 1. The molecule has 0 saturated carbocycles. The highest BCUT2D eigenvalue weighted by molar-refractivity contribution is 7.10. The van der Waals surface area contributed by atoms with Crippen LogP contribution >= 0.6 is 11.3 Å². The minimum Gasteiger partial charge on any atom is -0.493 e. The Kier molecular flexibility index (Phi) is 5.32. The smallest absolute Gasteiger partial charge is 0.225 e. The number of carbonyl (C=O) groups is 2. The zero-order valence-electron chi connectivity index (χ0n) is 16.6. The topological polar surface area (TPSA) is 73.9 Å². The van der Waals surface area contributed by atoms with Gasteiger partial charge in [0, 0.05) is 34.9 Å². The second-order valence-corrected chi connectivity index (χ2v) is 8.18. The zero-order chi connectivity index (χ0) is 20.5. The number of carbonyl (C=O) groups excluding carboxylic acids is 2. The lowest BCUT2D eigenvalue weighted by Crippen LogP contribution is -2.37. The summed E-state index contributed by atoms with van der Waals surface area (Å²) in [7, 11) is 4.70. The molecule has 152 valence electrons. The first-order chi connectivity index (χ1) is 14.0. The number of nitrogens with one attached hydrogen (secondary N) is 1. The first-order valence-corrected chi connectivity index (χ1v) is 10.3. The van der Waals surface area contributed by atoms with Gasteiger partial charge < -0.3 is 19.5 Å². The Labute approximate surface area is 173 Å². The van der Waals surface area contributed by atoms with Crippen molar-refractivity contribution in [2.24, 2.45) is 0 Å². The Morgan fingerprint density at radius 1 is 1.00 bits per heavy atom. The maximum absolute atomic E-state index is 13.2. The number of allylic oxidation sites excluding steroid dienone is 2. The van der Waals surface area contributed by atoms with E-state index in [2.05, 4.69) is 5.32 Å². The molecule has 0 saturated heterocycles. The molecule has 2 heterocycles. The van der Waals surface area contributed by atoms with Crippen molar-refractivity contribution in [2.45, 2.75) is 31.1 Å². The van der Waals surface area contributed by atoms with Crippen LogP contribution < -0.4 is 19.5 Å². The van der Waals surface area contributed by atoms with Crippen LogP contribution in [0.2, 0.25) is 0 Å². The van der Waals surface area contributed by atoms with Crippen molar-refractivity contribution in [2.75, 3.05) is 21.3 Å². The molecule has 1 amide bonds. The number of rotatable bonds is 5. The van der Waals surface area contributed by atoms with Crippen LogP contribution in [0.1, 0.15) is 41.5 Å². The maximum atomic E-state index is 13.2. The van der Waals surface area contributed by atoms with E-state index in [0.29, 0.717) is 36.5 Å². The molecule has 1 aromatic heterocycles. The second-order valence-electron chi connectivity index (χ2n) is 7.20. The molecule has 7 heteroatoms. The number of hydrogen-bond acceptors (Lipinski definition) is 6. The van der Waals surface area contributed by atoms with Crippen LogP contribution in [0.3, 0.4) is 0 Å². The summed E-state index contributed by atoms with van der Waals surface area (Å²) in [4.78, 5) is 26.6. The van der Waals surface area contributed by atoms with E-state index < -0.39 is 0 Å². The molecular weight excluding hydrogens is 390 g/mol. The van der Waals surface area contributed by atoms with Gasteiger partial charge in [-0.1, -0.05) is 6.07 Å². The van der Waals surface area contributed by atoms with Gasteiger partial charge in [-0.25, -0.2) is 0 Å². The Bertz CT molecular complexity index is 954. The van der Waals surface area contributed by atoms with Gasteiger partial charge in [-0.05, 0) is 41.5 Å². The Hall–Kier alpha value is -2.80. The zero-order valence-corrected chi connectivity index (χ0v) is 17.4. The molecule has 0 bridgehead atoms. The lowest BCUT2D eigenvalue weighted by Gasteiger charge is -2.34. The van der Waals surface area contributed by atoms with Crippen LogP contribution in [0.4, 0.5) is 0 Å². The molecule has 2 aromatic rings. The van der Waals surface area contributed by atoms with Crippen molar-refractivity contribution in [3.63, 3.8) is 0 Å². The third kappa shape index (κ3) is 3.51. The second kappa shape index (κ2) is 7.91. The SMILES string of the molecule is COc1cc(C2CC(=O)C3=C(C2)NC(=O)CC3c2cccs2)cc(OC)c1OC. The van der Waals surface area contributed by atoms with E-state index in [4.69, 9.17) is 14.2 Å². The summed E-state index contributed by atoms with van der Waals surface area (Å²) in [5, 5.41) is 4.94. The third-order valence-corrected chi connectivity index (χ3v) is 6.57. The predicted octanol–water partition coefficient (Wildman–Crippen LogP) is 3.78. The summed E-state index contributed by atoms with van der Waals surface area (Å²) in [5.74, 6) is 1.45. The van der Waals surface area contributed by atoms with E-state index in [1.165, 1.54) is 0 Å². The van der Waals surface area contributed by atoms with E-state index in [1.807, 2.05) is 29.6 Å². The average molecular weight is 413 g/mol. The summed E-state index contributed by atoms with van der Waals surface area (Å²) in [6.07, 6.45) is 1.29. The first kappa shape index (κ1) is 19.5. The minimum atomic E-state index is -0.146. The summed E-state index contributed by atoms with van der Waals surface area (Å²) in [6.45, 7) is 0. The highest BCUT2D eigenvalue weighted by Crippen LogP contribution is 2.46. The molecule has 1 N–H and O–H groups in total. The predicted molar refractivity (Wildman–Crippen MR) is 110 cm³/mol. The van der Waals surface area contributed by atoms with Gasteiger partial charge in [0.15, 0.2) is 17.3 Å². The monoisotopic (exact) mass is 413 g/mol. The molecule has 0 radical (unpaired) electrons. The van der Waals surface area contributed by atoms with Crippen molar-refractivity contribution in [3.8, 4) is 17.2 Å². The lowest BCUT2D eigenvalue weighted by molar-refractivity contribution is -0.122. The first-order valence-electron chi connectivity index (χ1n) is 9.45.